The van der Waals surface area contributed by atoms with E-state index in [1.807, 2.05) is 6.07 Å². The van der Waals surface area contributed by atoms with Gasteiger partial charge in [0.2, 0.25) is 18.2 Å². The number of nitrogens with two attached hydrogens (primary N) is 1. The van der Waals surface area contributed by atoms with Gasteiger partial charge in [-0.05, 0) is 50.6 Å². The average Bonchev–Trinajstić information content (AvgIpc) is 3.45. The number of anilines is 1. The molecule has 9 nitrogen and oxygen atoms in total. The van der Waals surface area contributed by atoms with E-state index in [1.165, 1.54) is 31.0 Å². The van der Waals surface area contributed by atoms with Gasteiger partial charge in [0, 0.05) is 24.5 Å². The Hall–Kier alpha value is -4.76. The molecule has 0 bridgehead atoms. The molecule has 0 saturated carbocycles. The molecule has 2 unspecified atom stereocenters. The number of benzene rings is 2. The van der Waals surface area contributed by atoms with Crippen molar-refractivity contribution in [1.82, 2.24) is 15.2 Å². The highest BCUT2D eigenvalue weighted by Crippen LogP contribution is 2.44. The van der Waals surface area contributed by atoms with Crippen molar-refractivity contribution in [2.24, 2.45) is 5.73 Å². The van der Waals surface area contributed by atoms with Gasteiger partial charge >= 0.3 is 0 Å². The first-order valence-electron chi connectivity index (χ1n) is 13.5. The molecule has 2 aromatic carbocycles. The van der Waals surface area contributed by atoms with Crippen LogP contribution in [0.1, 0.15) is 51.1 Å². The largest absolute Gasteiger partial charge is 0.459 e. The zero-order valence-corrected chi connectivity index (χ0v) is 23.9. The lowest BCUT2D eigenvalue weighted by molar-refractivity contribution is -0.120. The fourth-order valence-electron chi connectivity index (χ4n) is 4.86. The number of carbonyl (C=O) groups is 1. The van der Waals surface area contributed by atoms with Gasteiger partial charge in [0.25, 0.3) is 5.89 Å². The minimum atomic E-state index is -2.12. The molecular formula is C31H29F3N6O3. The predicted octanol–water partition coefficient (Wildman–Crippen LogP) is 5.88. The molecule has 0 saturated heterocycles. The number of pyridine rings is 1. The van der Waals surface area contributed by atoms with E-state index < -0.39 is 35.2 Å². The Morgan fingerprint density at radius 3 is 2.58 bits per heavy atom. The molecule has 1 aliphatic heterocycles. The van der Waals surface area contributed by atoms with Crippen molar-refractivity contribution in [2.75, 3.05) is 4.90 Å². The lowest BCUT2D eigenvalue weighted by Gasteiger charge is -2.26. The second kappa shape index (κ2) is 11.1. The first kappa shape index (κ1) is 29.7. The number of hydrogen-bond donors (Lipinski definition) is 1. The summed E-state index contributed by atoms with van der Waals surface area (Å²) in [7, 11) is 0. The van der Waals surface area contributed by atoms with E-state index in [2.05, 4.69) is 15.2 Å². The van der Waals surface area contributed by atoms with Crippen LogP contribution in [-0.2, 0) is 22.4 Å². The van der Waals surface area contributed by atoms with Crippen LogP contribution in [0.3, 0.4) is 0 Å². The molecule has 2 N–H and O–H groups in total. The molecule has 1 aliphatic rings. The number of fused-ring (bicyclic) bond motifs is 1. The van der Waals surface area contributed by atoms with Gasteiger partial charge in [-0.1, -0.05) is 24.3 Å². The average molecular weight is 591 g/mol. The lowest BCUT2D eigenvalue weighted by atomic mass is 9.90. The Bertz CT molecular complexity index is 1700. The first-order valence-corrected chi connectivity index (χ1v) is 13.5. The molecule has 0 fully saturated rings. The summed E-state index contributed by atoms with van der Waals surface area (Å²) in [5.74, 6) is -1.30. The zero-order valence-electron chi connectivity index (χ0n) is 23.9. The third-order valence-corrected chi connectivity index (χ3v) is 7.22. The van der Waals surface area contributed by atoms with Crippen LogP contribution in [0.5, 0.6) is 5.75 Å². The number of rotatable bonds is 7. The van der Waals surface area contributed by atoms with E-state index in [9.17, 15) is 14.4 Å². The van der Waals surface area contributed by atoms with E-state index in [4.69, 9.17) is 14.9 Å². The molecule has 4 aromatic rings. The standard InChI is InChI=1S/C31H29F3N6O3/c1-17(32)42-20-9-10-25(37-14-20)19-7-5-18(6-8-19)15-40-26-11-21(27-38-39-29(43-27)30(2,3)16-35)23(33)12-22(26)31(4,34)13-24(36)28(40)41/h5-12,14,17,24H,13,15,36H2,1-4H3/t17?,24-,31?/m0/s1. The molecular weight excluding hydrogens is 561 g/mol. The number of nitriles is 1. The van der Waals surface area contributed by atoms with Crippen LogP contribution in [-0.4, -0.2) is 33.5 Å². The van der Waals surface area contributed by atoms with Gasteiger partial charge < -0.3 is 19.8 Å². The number of nitrogens with zero attached hydrogens (tertiary/aromatic N) is 5. The minimum absolute atomic E-state index is 0.00606. The number of aromatic nitrogens is 3. The molecule has 0 spiro atoms. The number of alkyl halides is 2. The van der Waals surface area contributed by atoms with Crippen LogP contribution in [0.2, 0.25) is 0 Å². The van der Waals surface area contributed by atoms with Crippen molar-refractivity contribution in [3.63, 3.8) is 0 Å². The molecule has 3 atom stereocenters. The van der Waals surface area contributed by atoms with Gasteiger partial charge in [0.05, 0.1) is 41.8 Å². The second-order valence-electron chi connectivity index (χ2n) is 11.2. The second-order valence-corrected chi connectivity index (χ2v) is 11.2. The summed E-state index contributed by atoms with van der Waals surface area (Å²) < 4.78 is 55.1. The van der Waals surface area contributed by atoms with Crippen LogP contribution in [0.15, 0.2) is 59.1 Å². The normalized spacial score (nSPS) is 19.4. The summed E-state index contributed by atoms with van der Waals surface area (Å²) in [6, 6.07) is 13.6. The molecule has 2 aromatic heterocycles. The van der Waals surface area contributed by atoms with Crippen molar-refractivity contribution in [1.29, 1.82) is 5.26 Å². The highest BCUT2D eigenvalue weighted by Gasteiger charge is 2.42. The number of hydrogen-bond acceptors (Lipinski definition) is 8. The van der Waals surface area contributed by atoms with Gasteiger partial charge in [0.1, 0.15) is 22.7 Å². The van der Waals surface area contributed by atoms with Crippen LogP contribution in [0, 0.1) is 17.1 Å². The molecule has 222 valence electrons. The summed E-state index contributed by atoms with van der Waals surface area (Å²) in [6.45, 7) is 5.69. The molecule has 1 amide bonds. The quantitative estimate of drug-likeness (QED) is 0.282. The number of ether oxygens (including phenoxy) is 1. The van der Waals surface area contributed by atoms with E-state index in [1.54, 1.807) is 50.2 Å². The van der Waals surface area contributed by atoms with Crippen molar-refractivity contribution in [3.05, 3.63) is 77.6 Å². The molecule has 5 rings (SSSR count). The molecule has 3 heterocycles. The topological polar surface area (TPSA) is 131 Å². The summed E-state index contributed by atoms with van der Waals surface area (Å²) >= 11 is 0. The van der Waals surface area contributed by atoms with Crippen LogP contribution < -0.4 is 15.4 Å². The summed E-state index contributed by atoms with van der Waals surface area (Å²) in [5, 5.41) is 17.2. The Labute approximate surface area is 246 Å². The van der Waals surface area contributed by atoms with Crippen molar-refractivity contribution < 1.29 is 27.1 Å². The number of carbonyl (C=O) groups excluding carboxylic acids is 1. The Kier molecular flexibility index (Phi) is 7.70. The van der Waals surface area contributed by atoms with Crippen molar-refractivity contribution in [2.45, 2.75) is 64.1 Å². The summed E-state index contributed by atoms with van der Waals surface area (Å²) in [4.78, 5) is 19.1. The van der Waals surface area contributed by atoms with Crippen LogP contribution in [0.25, 0.3) is 22.7 Å². The fourth-order valence-corrected chi connectivity index (χ4v) is 4.86. The van der Waals surface area contributed by atoms with Gasteiger partial charge in [0.15, 0.2) is 0 Å². The minimum Gasteiger partial charge on any atom is -0.459 e. The Balaban J connectivity index is 1.51. The SMILES string of the molecule is CC(F)Oc1ccc(-c2ccc(CN3C(=O)[C@@H](N)CC(C)(F)c4cc(F)c(-c5nnc(C(C)(C)C#N)o5)cc43)cc2)nc1. The smallest absolute Gasteiger partial charge is 0.250 e. The van der Waals surface area contributed by atoms with E-state index in [0.29, 0.717) is 17.0 Å². The number of amides is 1. The van der Waals surface area contributed by atoms with Gasteiger partial charge in [-0.15, -0.1) is 10.2 Å². The highest BCUT2D eigenvalue weighted by atomic mass is 19.1. The van der Waals surface area contributed by atoms with Gasteiger partial charge in [-0.3, -0.25) is 9.78 Å². The van der Waals surface area contributed by atoms with Crippen LogP contribution in [0.4, 0.5) is 18.9 Å². The zero-order chi connectivity index (χ0) is 31.1. The molecule has 12 heteroatoms. The van der Waals surface area contributed by atoms with Crippen LogP contribution >= 0.6 is 0 Å². The lowest BCUT2D eigenvalue weighted by Crippen LogP contribution is -2.43. The van der Waals surface area contributed by atoms with Gasteiger partial charge in [-0.25, -0.2) is 13.2 Å². The fraction of sp³-hybridized carbons (Fsp3) is 0.323. The van der Waals surface area contributed by atoms with E-state index in [0.717, 1.165) is 11.6 Å². The molecule has 43 heavy (non-hydrogen) atoms. The van der Waals surface area contributed by atoms with Gasteiger partial charge in [-0.2, -0.15) is 5.26 Å². The summed E-state index contributed by atoms with van der Waals surface area (Å²) in [6.07, 6.45) is -0.387. The first-order chi connectivity index (χ1) is 20.3. The van der Waals surface area contributed by atoms with Crippen molar-refractivity contribution in [3.8, 4) is 34.5 Å². The number of halogens is 3. The van der Waals surface area contributed by atoms with Crippen molar-refractivity contribution >= 4 is 11.6 Å². The maximum absolute atomic E-state index is 16.0. The van der Waals surface area contributed by atoms with E-state index >= 15 is 8.78 Å². The monoisotopic (exact) mass is 590 g/mol. The van der Waals surface area contributed by atoms with E-state index in [-0.39, 0.29) is 41.6 Å². The third kappa shape index (κ3) is 5.94. The predicted molar refractivity (Wildman–Crippen MR) is 151 cm³/mol. The third-order valence-electron chi connectivity index (χ3n) is 7.22. The molecule has 0 aliphatic carbocycles. The Morgan fingerprint density at radius 2 is 1.95 bits per heavy atom. The summed E-state index contributed by atoms with van der Waals surface area (Å²) in [5.41, 5.74) is 4.89. The molecule has 0 radical (unpaired) electrons. The maximum Gasteiger partial charge on any atom is 0.250 e. The Morgan fingerprint density at radius 1 is 1.23 bits per heavy atom. The maximum atomic E-state index is 16.0. The highest BCUT2D eigenvalue weighted by molar-refractivity contribution is 5.99.